The number of imide groups is 1. The van der Waals surface area contributed by atoms with Crippen molar-refractivity contribution in [1.29, 1.82) is 0 Å². The molecule has 0 N–H and O–H groups in total. The topological polar surface area (TPSA) is 63.7 Å². The van der Waals surface area contributed by atoms with Gasteiger partial charge in [0.15, 0.2) is 0 Å². The first kappa shape index (κ1) is 14.5. The zero-order chi connectivity index (χ0) is 15.1. The number of halogens is 1. The summed E-state index contributed by atoms with van der Waals surface area (Å²) in [4.78, 5) is 37.2. The van der Waals surface area contributed by atoms with Crippen LogP contribution in [0.3, 0.4) is 0 Å². The molecule has 1 aromatic carbocycles. The van der Waals surface area contributed by atoms with Gasteiger partial charge in [0.25, 0.3) is 5.91 Å². The number of likely N-dealkylation sites (N-methyl/N-ethyl adjacent to an activating group) is 1. The number of fused-ring (bicyclic) bond motifs is 1. The van der Waals surface area contributed by atoms with E-state index in [1.165, 1.54) is 14.2 Å². The predicted octanol–water partition coefficient (Wildman–Crippen LogP) is 1.77. The van der Waals surface area contributed by atoms with Gasteiger partial charge in [0, 0.05) is 17.6 Å². The molecule has 0 radical (unpaired) electrons. The van der Waals surface area contributed by atoms with Crippen molar-refractivity contribution in [3.8, 4) is 0 Å². The molecule has 2 rings (SSSR count). The third-order valence-corrected chi connectivity index (χ3v) is 3.85. The summed E-state index contributed by atoms with van der Waals surface area (Å²) >= 11 is 5.95. The monoisotopic (exact) mass is 295 g/mol. The second kappa shape index (κ2) is 4.90. The fourth-order valence-corrected chi connectivity index (χ4v) is 2.62. The lowest BCUT2D eigenvalue weighted by molar-refractivity contribution is -0.147. The third kappa shape index (κ3) is 2.08. The predicted molar refractivity (Wildman–Crippen MR) is 72.5 cm³/mol. The molecule has 0 aliphatic carbocycles. The molecule has 0 saturated heterocycles. The normalized spacial score (nSPS) is 21.7. The van der Waals surface area contributed by atoms with Crippen molar-refractivity contribution in [3.05, 3.63) is 34.3 Å². The first-order valence-electron chi connectivity index (χ1n) is 6.00. The molecule has 1 aromatic rings. The van der Waals surface area contributed by atoms with Crippen LogP contribution in [-0.4, -0.2) is 36.8 Å². The molecule has 106 valence electrons. The fraction of sp³-hybridized carbons (Fsp3) is 0.357. The highest BCUT2D eigenvalue weighted by Gasteiger charge is 2.47. The van der Waals surface area contributed by atoms with Crippen molar-refractivity contribution >= 4 is 29.4 Å². The third-order valence-electron chi connectivity index (χ3n) is 3.61. The summed E-state index contributed by atoms with van der Waals surface area (Å²) in [5.74, 6) is -1.36. The number of amides is 2. The number of rotatable bonds is 2. The van der Waals surface area contributed by atoms with Crippen molar-refractivity contribution < 1.29 is 19.1 Å². The number of methoxy groups -OCH3 is 1. The Hall–Kier alpha value is -1.88. The van der Waals surface area contributed by atoms with E-state index in [2.05, 4.69) is 4.74 Å². The van der Waals surface area contributed by atoms with Crippen LogP contribution in [0.5, 0.6) is 0 Å². The van der Waals surface area contributed by atoms with Crippen molar-refractivity contribution in [1.82, 2.24) is 4.90 Å². The molecule has 1 heterocycles. The standard InChI is InChI=1S/C14H14ClNO4/c1-14(7-11(17)20-3)10-6-8(15)4-5-9(10)12(18)16(2)13(14)19/h4-6H,7H2,1-3H3. The lowest BCUT2D eigenvalue weighted by Crippen LogP contribution is -2.52. The first-order chi connectivity index (χ1) is 9.31. The average Bonchev–Trinajstić information content (AvgIpc) is 2.43. The summed E-state index contributed by atoms with van der Waals surface area (Å²) in [6.45, 7) is 1.62. The lowest BCUT2D eigenvalue weighted by atomic mass is 9.73. The van der Waals surface area contributed by atoms with Crippen molar-refractivity contribution in [2.75, 3.05) is 14.2 Å². The highest BCUT2D eigenvalue weighted by Crippen LogP contribution is 2.38. The molecule has 0 spiro atoms. The quantitative estimate of drug-likeness (QED) is 0.616. The zero-order valence-electron chi connectivity index (χ0n) is 11.4. The number of hydrogen-bond acceptors (Lipinski definition) is 4. The first-order valence-corrected chi connectivity index (χ1v) is 6.38. The molecule has 1 unspecified atom stereocenters. The number of ether oxygens (including phenoxy) is 1. The fourth-order valence-electron chi connectivity index (χ4n) is 2.45. The van der Waals surface area contributed by atoms with E-state index in [4.69, 9.17) is 11.6 Å². The maximum absolute atomic E-state index is 12.4. The summed E-state index contributed by atoms with van der Waals surface area (Å²) < 4.78 is 4.65. The minimum absolute atomic E-state index is 0.146. The largest absolute Gasteiger partial charge is 0.469 e. The maximum Gasteiger partial charge on any atom is 0.306 e. The van der Waals surface area contributed by atoms with Crippen LogP contribution < -0.4 is 0 Å². The second-order valence-electron chi connectivity index (χ2n) is 4.94. The second-order valence-corrected chi connectivity index (χ2v) is 5.38. The van der Waals surface area contributed by atoms with E-state index in [0.29, 0.717) is 16.1 Å². The van der Waals surface area contributed by atoms with Gasteiger partial charge >= 0.3 is 5.97 Å². The highest BCUT2D eigenvalue weighted by molar-refractivity contribution is 6.31. The molecule has 2 amide bonds. The van der Waals surface area contributed by atoms with E-state index in [-0.39, 0.29) is 6.42 Å². The molecular weight excluding hydrogens is 282 g/mol. The summed E-state index contributed by atoms with van der Waals surface area (Å²) in [5.41, 5.74) is -0.317. The minimum Gasteiger partial charge on any atom is -0.469 e. The van der Waals surface area contributed by atoms with Gasteiger partial charge in [-0.2, -0.15) is 0 Å². The molecule has 1 aliphatic heterocycles. The lowest BCUT2D eigenvalue weighted by Gasteiger charge is -2.37. The van der Waals surface area contributed by atoms with Crippen LogP contribution >= 0.6 is 11.6 Å². The summed E-state index contributed by atoms with van der Waals surface area (Å²) in [6.07, 6.45) is -0.146. The van der Waals surface area contributed by atoms with Gasteiger partial charge in [-0.15, -0.1) is 0 Å². The van der Waals surface area contributed by atoms with E-state index in [1.54, 1.807) is 25.1 Å². The van der Waals surface area contributed by atoms with Crippen molar-refractivity contribution in [3.63, 3.8) is 0 Å². The van der Waals surface area contributed by atoms with E-state index >= 15 is 0 Å². The van der Waals surface area contributed by atoms with Gasteiger partial charge in [0.2, 0.25) is 5.91 Å². The van der Waals surface area contributed by atoms with Crippen LogP contribution in [0.25, 0.3) is 0 Å². The summed E-state index contributed by atoms with van der Waals surface area (Å²) in [6, 6.07) is 4.71. The summed E-state index contributed by atoms with van der Waals surface area (Å²) in [5, 5.41) is 0.407. The Balaban J connectivity index is 2.64. The Labute approximate surface area is 121 Å². The van der Waals surface area contributed by atoms with E-state index < -0.39 is 23.2 Å². The van der Waals surface area contributed by atoms with Gasteiger partial charge < -0.3 is 4.74 Å². The maximum atomic E-state index is 12.4. The van der Waals surface area contributed by atoms with E-state index in [0.717, 1.165) is 4.90 Å². The Morgan fingerprint density at radius 3 is 2.65 bits per heavy atom. The van der Waals surface area contributed by atoms with Crippen LogP contribution in [-0.2, 0) is 19.7 Å². The van der Waals surface area contributed by atoms with Gasteiger partial charge in [0.1, 0.15) is 0 Å². The Kier molecular flexibility index (Phi) is 3.56. The van der Waals surface area contributed by atoms with Crippen LogP contribution in [0.15, 0.2) is 18.2 Å². The molecule has 5 nitrogen and oxygen atoms in total. The molecule has 1 aliphatic rings. The van der Waals surface area contributed by atoms with Crippen LogP contribution in [0.1, 0.15) is 29.3 Å². The van der Waals surface area contributed by atoms with E-state index in [9.17, 15) is 14.4 Å². The van der Waals surface area contributed by atoms with Crippen LogP contribution in [0.4, 0.5) is 0 Å². The van der Waals surface area contributed by atoms with Crippen molar-refractivity contribution in [2.45, 2.75) is 18.8 Å². The van der Waals surface area contributed by atoms with Crippen LogP contribution in [0, 0.1) is 0 Å². The molecule has 20 heavy (non-hydrogen) atoms. The minimum atomic E-state index is -1.16. The SMILES string of the molecule is COC(=O)CC1(C)C(=O)N(C)C(=O)c2ccc(Cl)cc21. The molecular formula is C14H14ClNO4. The Morgan fingerprint density at radius 2 is 2.05 bits per heavy atom. The van der Waals surface area contributed by atoms with Gasteiger partial charge in [-0.25, -0.2) is 0 Å². The van der Waals surface area contributed by atoms with E-state index in [1.807, 2.05) is 0 Å². The smallest absolute Gasteiger partial charge is 0.306 e. The number of carbonyl (C=O) groups is 3. The average molecular weight is 296 g/mol. The molecule has 0 fully saturated rings. The van der Waals surface area contributed by atoms with Crippen molar-refractivity contribution in [2.24, 2.45) is 0 Å². The molecule has 0 aromatic heterocycles. The Bertz CT molecular complexity index is 613. The number of esters is 1. The highest BCUT2D eigenvalue weighted by atomic mass is 35.5. The molecule has 6 heteroatoms. The van der Waals surface area contributed by atoms with Crippen LogP contribution in [0.2, 0.25) is 5.02 Å². The summed E-state index contributed by atoms with van der Waals surface area (Å²) in [7, 11) is 2.66. The van der Waals surface area contributed by atoms with Gasteiger partial charge in [0.05, 0.1) is 18.9 Å². The number of hydrogen-bond donors (Lipinski definition) is 0. The number of carbonyl (C=O) groups excluding carboxylic acids is 3. The molecule has 0 bridgehead atoms. The molecule has 0 saturated carbocycles. The molecule has 1 atom stereocenters. The number of benzene rings is 1. The van der Waals surface area contributed by atoms with Gasteiger partial charge in [-0.3, -0.25) is 19.3 Å². The van der Waals surface area contributed by atoms with Gasteiger partial charge in [-0.1, -0.05) is 11.6 Å². The zero-order valence-corrected chi connectivity index (χ0v) is 12.2. The number of nitrogens with zero attached hydrogens (tertiary/aromatic N) is 1. The van der Waals surface area contributed by atoms with Gasteiger partial charge in [-0.05, 0) is 30.7 Å². The Morgan fingerprint density at radius 1 is 1.40 bits per heavy atom.